The molecule has 0 saturated carbocycles. The molecule has 1 rings (SSSR count). The molecule has 1 fully saturated rings. The van der Waals surface area contributed by atoms with Crippen molar-refractivity contribution in [2.24, 2.45) is 0 Å². The van der Waals surface area contributed by atoms with Crippen LogP contribution in [0.1, 0.15) is 0 Å². The number of halogens is 6. The predicted molar refractivity (Wildman–Crippen MR) is 32.1 cm³/mol. The van der Waals surface area contributed by atoms with Crippen LogP contribution in [0, 0.1) is 0 Å². The molecule has 7 heteroatoms. The van der Waals surface area contributed by atoms with Gasteiger partial charge in [-0.1, -0.05) is 11.8 Å². The Kier molecular flexibility index (Phi) is 2.51. The molecule has 1 heterocycles. The minimum Gasteiger partial charge on any atom is -0.239 e. The summed E-state index contributed by atoms with van der Waals surface area (Å²) in [5.74, 6) is 0. The summed E-state index contributed by atoms with van der Waals surface area (Å²) >= 11 is -0.400. The molecule has 0 bridgehead atoms. The van der Waals surface area contributed by atoms with Gasteiger partial charge in [-0.3, -0.25) is 0 Å². The lowest BCUT2D eigenvalue weighted by atomic mass is 10.0. The Morgan fingerprint density at radius 1 is 1.17 bits per heavy atom. The largest absolute Gasteiger partial charge is 0.278 e. The molecule has 72 valence electrons. The highest BCUT2D eigenvalue weighted by Crippen LogP contribution is 2.50. The quantitative estimate of drug-likeness (QED) is 0.599. The zero-order valence-corrected chi connectivity index (χ0v) is 6.30. The van der Waals surface area contributed by atoms with Crippen molar-refractivity contribution in [3.05, 3.63) is 0 Å². The Morgan fingerprint density at radius 3 is 1.83 bits per heavy atom. The van der Waals surface area contributed by atoms with E-state index in [2.05, 4.69) is 0 Å². The zero-order chi connectivity index (χ0) is 9.52. The van der Waals surface area contributed by atoms with Crippen molar-refractivity contribution in [3.63, 3.8) is 0 Å². The maximum Gasteiger partial charge on any atom is 0.278 e. The van der Waals surface area contributed by atoms with Crippen LogP contribution in [0.2, 0.25) is 0 Å². The molecule has 12 heavy (non-hydrogen) atoms. The van der Waals surface area contributed by atoms with Crippen LogP contribution in [0.4, 0.5) is 26.3 Å². The third kappa shape index (κ3) is 1.18. The molecule has 4 atom stereocenters. The molecule has 4 unspecified atom stereocenters. The molecule has 1 aliphatic rings. The lowest BCUT2D eigenvalue weighted by molar-refractivity contribution is -0.102. The zero-order valence-electron chi connectivity index (χ0n) is 5.49. The summed E-state index contributed by atoms with van der Waals surface area (Å²) in [7, 11) is 0. The minimum atomic E-state index is -4.00. The van der Waals surface area contributed by atoms with Gasteiger partial charge >= 0.3 is 0 Å². The fraction of sp³-hybridized carbons (Fsp3) is 1.00. The Labute approximate surface area is 68.3 Å². The molecule has 1 saturated heterocycles. The van der Waals surface area contributed by atoms with Crippen LogP contribution in [0.15, 0.2) is 0 Å². The van der Waals surface area contributed by atoms with Gasteiger partial charge in [0.05, 0.1) is 0 Å². The van der Waals surface area contributed by atoms with E-state index in [0.29, 0.717) is 0 Å². The van der Waals surface area contributed by atoms with Gasteiger partial charge in [-0.25, -0.2) is 26.3 Å². The Hall–Kier alpha value is -0.0700. The van der Waals surface area contributed by atoms with Gasteiger partial charge in [0.2, 0.25) is 5.67 Å². The van der Waals surface area contributed by atoms with Crippen molar-refractivity contribution in [2.75, 3.05) is 0 Å². The first-order chi connectivity index (χ1) is 5.40. The van der Waals surface area contributed by atoms with Crippen molar-refractivity contribution < 1.29 is 26.3 Å². The molecule has 0 amide bonds. The SMILES string of the molecule is FC1SC(F)C(F)(C(F)F)C1F. The third-order valence-electron chi connectivity index (χ3n) is 1.58. The van der Waals surface area contributed by atoms with Crippen LogP contribution < -0.4 is 0 Å². The summed E-state index contributed by atoms with van der Waals surface area (Å²) in [6, 6.07) is 0. The van der Waals surface area contributed by atoms with E-state index >= 15 is 0 Å². The summed E-state index contributed by atoms with van der Waals surface area (Å²) in [4.78, 5) is 0. The van der Waals surface area contributed by atoms with Crippen LogP contribution in [-0.4, -0.2) is 29.3 Å². The Balaban J connectivity index is 2.88. The first-order valence-electron chi connectivity index (χ1n) is 2.95. The fourth-order valence-electron chi connectivity index (χ4n) is 0.833. The van der Waals surface area contributed by atoms with E-state index in [4.69, 9.17) is 0 Å². The average molecular weight is 210 g/mol. The number of hydrogen-bond acceptors (Lipinski definition) is 1. The van der Waals surface area contributed by atoms with E-state index in [9.17, 15) is 26.3 Å². The molecular weight excluding hydrogens is 206 g/mol. The summed E-state index contributed by atoms with van der Waals surface area (Å²) < 4.78 is 73.2. The normalized spacial score (nSPS) is 48.8. The second-order valence-corrected chi connectivity index (χ2v) is 3.47. The van der Waals surface area contributed by atoms with Gasteiger partial charge < -0.3 is 0 Å². The fourth-order valence-corrected chi connectivity index (χ4v) is 1.85. The van der Waals surface area contributed by atoms with Crippen LogP contribution in [0.25, 0.3) is 0 Å². The molecule has 1 aliphatic heterocycles. The van der Waals surface area contributed by atoms with Gasteiger partial charge in [-0.05, 0) is 0 Å². The predicted octanol–water partition coefficient (Wildman–Crippen LogP) is 2.64. The van der Waals surface area contributed by atoms with Gasteiger partial charge in [-0.15, -0.1) is 0 Å². The van der Waals surface area contributed by atoms with E-state index in [1.807, 2.05) is 0 Å². The number of rotatable bonds is 1. The molecule has 0 nitrogen and oxygen atoms in total. The van der Waals surface area contributed by atoms with E-state index < -0.39 is 41.0 Å². The second-order valence-electron chi connectivity index (χ2n) is 2.33. The summed E-state index contributed by atoms with van der Waals surface area (Å²) in [6.45, 7) is 0. The monoisotopic (exact) mass is 210 g/mol. The van der Waals surface area contributed by atoms with E-state index in [0.717, 1.165) is 0 Å². The summed E-state index contributed by atoms with van der Waals surface area (Å²) in [5, 5.41) is 0. The number of hydrogen-bond donors (Lipinski definition) is 0. The van der Waals surface area contributed by atoms with Crippen molar-refractivity contribution in [1.29, 1.82) is 0 Å². The first kappa shape index (κ1) is 10.0. The van der Waals surface area contributed by atoms with E-state index in [1.165, 1.54) is 0 Å². The average Bonchev–Trinajstić information content (AvgIpc) is 2.16. The molecule has 0 spiro atoms. The molecule has 0 aromatic carbocycles. The highest BCUT2D eigenvalue weighted by molar-refractivity contribution is 8.00. The molecule has 0 aliphatic carbocycles. The van der Waals surface area contributed by atoms with Crippen LogP contribution in [-0.2, 0) is 0 Å². The van der Waals surface area contributed by atoms with Crippen LogP contribution in [0.3, 0.4) is 0 Å². The first-order valence-corrected chi connectivity index (χ1v) is 3.89. The molecule has 0 radical (unpaired) electrons. The van der Waals surface area contributed by atoms with Crippen LogP contribution >= 0.6 is 11.8 Å². The van der Waals surface area contributed by atoms with Crippen molar-refractivity contribution >= 4 is 11.8 Å². The summed E-state index contributed by atoms with van der Waals surface area (Å²) in [5.41, 5.74) is -9.40. The maximum absolute atomic E-state index is 12.7. The van der Waals surface area contributed by atoms with Crippen molar-refractivity contribution in [1.82, 2.24) is 0 Å². The highest BCUT2D eigenvalue weighted by Gasteiger charge is 2.65. The Bertz CT molecular complexity index is 175. The Morgan fingerprint density at radius 2 is 1.67 bits per heavy atom. The lowest BCUT2D eigenvalue weighted by Gasteiger charge is -2.21. The van der Waals surface area contributed by atoms with Gasteiger partial charge in [0.1, 0.15) is 0 Å². The van der Waals surface area contributed by atoms with Crippen LogP contribution in [0.5, 0.6) is 0 Å². The number of alkyl halides is 6. The second kappa shape index (κ2) is 3.01. The molecule has 0 aromatic rings. The van der Waals surface area contributed by atoms with Crippen molar-refractivity contribution in [3.8, 4) is 0 Å². The molecule has 0 aromatic heterocycles. The van der Waals surface area contributed by atoms with E-state index in [-0.39, 0.29) is 0 Å². The molecule has 0 N–H and O–H groups in total. The van der Waals surface area contributed by atoms with Gasteiger partial charge in [0.15, 0.2) is 17.2 Å². The highest BCUT2D eigenvalue weighted by atomic mass is 32.2. The molecular formula is C5H4F6S. The van der Waals surface area contributed by atoms with Gasteiger partial charge in [0, 0.05) is 0 Å². The smallest absolute Gasteiger partial charge is 0.239 e. The van der Waals surface area contributed by atoms with E-state index in [1.54, 1.807) is 0 Å². The topological polar surface area (TPSA) is 0 Å². The third-order valence-corrected chi connectivity index (χ3v) is 2.68. The summed E-state index contributed by atoms with van der Waals surface area (Å²) in [6.07, 6.45) is -6.95. The minimum absolute atomic E-state index is 0.400. The lowest BCUT2D eigenvalue weighted by Crippen LogP contribution is -2.46. The van der Waals surface area contributed by atoms with Crippen molar-refractivity contribution in [2.45, 2.75) is 29.3 Å². The number of thioether (sulfide) groups is 1. The van der Waals surface area contributed by atoms with Gasteiger partial charge in [-0.2, -0.15) is 0 Å². The van der Waals surface area contributed by atoms with Gasteiger partial charge in [0.25, 0.3) is 6.43 Å². The maximum atomic E-state index is 12.7. The standard InChI is InChI=1S/C5H4F6S/c6-1-2(7)12-4(10)5(1,11)3(8)9/h1-4H.